The normalized spacial score (nSPS) is 10.7. The minimum atomic E-state index is -0.159. The third-order valence-corrected chi connectivity index (χ3v) is 5.00. The summed E-state index contributed by atoms with van der Waals surface area (Å²) < 4.78 is 0. The summed E-state index contributed by atoms with van der Waals surface area (Å²) in [5.74, 6) is -0.159. The van der Waals surface area contributed by atoms with Gasteiger partial charge in [-0.25, -0.2) is 4.98 Å². The summed E-state index contributed by atoms with van der Waals surface area (Å²) in [6, 6.07) is 6.15. The van der Waals surface area contributed by atoms with Crippen molar-refractivity contribution < 1.29 is 4.79 Å². The number of nitrogens with one attached hydrogen (secondary N) is 1. The number of anilines is 1. The number of nitrogens with zero attached hydrogens (tertiary/aromatic N) is 1. The highest BCUT2D eigenvalue weighted by Gasteiger charge is 2.14. The first kappa shape index (κ1) is 14.9. The molecule has 5 heteroatoms. The molecule has 0 atom stereocenters. The number of aryl methyl sites for hydroxylation is 3. The standard InChI is InChI=1S/C17H16N2OS2/c1-10-6-11(2)15(12(3)7-10)19-16(20)14-9-22-17(18-14)13-4-5-21-8-13/h4-9H,1-3H3,(H,19,20). The van der Waals surface area contributed by atoms with Crippen LogP contribution in [0.1, 0.15) is 27.2 Å². The number of hydrogen-bond donors (Lipinski definition) is 1. The fraction of sp³-hybridized carbons (Fsp3) is 0.176. The van der Waals surface area contributed by atoms with Crippen molar-refractivity contribution in [1.82, 2.24) is 4.98 Å². The lowest BCUT2D eigenvalue weighted by Gasteiger charge is -2.11. The summed E-state index contributed by atoms with van der Waals surface area (Å²) in [5, 5.41) is 9.72. The largest absolute Gasteiger partial charge is 0.320 e. The Morgan fingerprint density at radius 1 is 1.14 bits per heavy atom. The number of hydrogen-bond acceptors (Lipinski definition) is 4. The SMILES string of the molecule is Cc1cc(C)c(NC(=O)c2csc(-c3ccsc3)n2)c(C)c1. The van der Waals surface area contributed by atoms with E-state index in [-0.39, 0.29) is 5.91 Å². The number of amides is 1. The van der Waals surface area contributed by atoms with Gasteiger partial charge in [0, 0.05) is 22.0 Å². The molecule has 2 heterocycles. The third kappa shape index (κ3) is 2.96. The number of thiophene rings is 1. The van der Waals surface area contributed by atoms with Gasteiger partial charge in [0.05, 0.1) is 0 Å². The molecule has 1 N–H and O–H groups in total. The van der Waals surface area contributed by atoms with E-state index in [2.05, 4.69) is 29.4 Å². The highest BCUT2D eigenvalue weighted by Crippen LogP contribution is 2.27. The van der Waals surface area contributed by atoms with Gasteiger partial charge in [-0.1, -0.05) is 17.7 Å². The van der Waals surface area contributed by atoms with Crippen LogP contribution >= 0.6 is 22.7 Å². The van der Waals surface area contributed by atoms with Crippen LogP contribution in [0.25, 0.3) is 10.6 Å². The first-order valence-corrected chi connectivity index (χ1v) is 8.74. The Hall–Kier alpha value is -1.98. The molecule has 3 aromatic rings. The van der Waals surface area contributed by atoms with Crippen molar-refractivity contribution >= 4 is 34.3 Å². The maximum Gasteiger partial charge on any atom is 0.275 e. The van der Waals surface area contributed by atoms with Crippen LogP contribution in [-0.2, 0) is 0 Å². The maximum absolute atomic E-state index is 12.4. The van der Waals surface area contributed by atoms with Gasteiger partial charge < -0.3 is 5.32 Å². The average Bonchev–Trinajstić information content (AvgIpc) is 3.12. The lowest BCUT2D eigenvalue weighted by atomic mass is 10.1. The summed E-state index contributed by atoms with van der Waals surface area (Å²) in [7, 11) is 0. The van der Waals surface area contributed by atoms with E-state index in [1.54, 1.807) is 16.7 Å². The second kappa shape index (κ2) is 6.02. The van der Waals surface area contributed by atoms with Crippen molar-refractivity contribution in [2.75, 3.05) is 5.32 Å². The predicted octanol–water partition coefficient (Wildman–Crippen LogP) is 5.05. The molecule has 1 aromatic carbocycles. The molecule has 3 rings (SSSR count). The first-order chi connectivity index (χ1) is 10.5. The maximum atomic E-state index is 12.4. The van der Waals surface area contributed by atoms with Gasteiger partial charge in [-0.15, -0.1) is 11.3 Å². The predicted molar refractivity (Wildman–Crippen MR) is 94.0 cm³/mol. The molecule has 0 radical (unpaired) electrons. The second-order valence-corrected chi connectivity index (χ2v) is 6.92. The summed E-state index contributed by atoms with van der Waals surface area (Å²) in [6.07, 6.45) is 0. The van der Waals surface area contributed by atoms with E-state index in [1.807, 2.05) is 30.7 Å². The Labute approximate surface area is 137 Å². The van der Waals surface area contributed by atoms with Crippen molar-refractivity contribution in [2.45, 2.75) is 20.8 Å². The summed E-state index contributed by atoms with van der Waals surface area (Å²) in [5.41, 5.74) is 5.74. The lowest BCUT2D eigenvalue weighted by Crippen LogP contribution is -2.14. The average molecular weight is 328 g/mol. The number of rotatable bonds is 3. The number of aromatic nitrogens is 1. The molecule has 1 amide bonds. The smallest absolute Gasteiger partial charge is 0.275 e. The van der Waals surface area contributed by atoms with Crippen LogP contribution < -0.4 is 5.32 Å². The van der Waals surface area contributed by atoms with E-state index in [0.717, 1.165) is 27.4 Å². The fourth-order valence-electron chi connectivity index (χ4n) is 2.45. The van der Waals surface area contributed by atoms with Gasteiger partial charge in [-0.2, -0.15) is 11.3 Å². The Balaban J connectivity index is 1.84. The molecule has 0 bridgehead atoms. The quantitative estimate of drug-likeness (QED) is 0.731. The van der Waals surface area contributed by atoms with Crippen LogP contribution in [0.3, 0.4) is 0 Å². The van der Waals surface area contributed by atoms with Crippen LogP contribution in [0.15, 0.2) is 34.3 Å². The van der Waals surface area contributed by atoms with Crippen molar-refractivity contribution in [2.24, 2.45) is 0 Å². The number of carbonyl (C=O) groups excluding carboxylic acids is 1. The molecule has 0 unspecified atom stereocenters. The first-order valence-electron chi connectivity index (χ1n) is 6.92. The van der Waals surface area contributed by atoms with Crippen molar-refractivity contribution in [3.05, 3.63) is 56.7 Å². The molecule has 0 saturated heterocycles. The molecular formula is C17H16N2OS2. The summed E-state index contributed by atoms with van der Waals surface area (Å²) in [4.78, 5) is 16.9. The van der Waals surface area contributed by atoms with Gasteiger partial charge in [-0.3, -0.25) is 4.79 Å². The fourth-order valence-corrected chi connectivity index (χ4v) is 3.96. The van der Waals surface area contributed by atoms with E-state index in [4.69, 9.17) is 0 Å². The zero-order valence-electron chi connectivity index (χ0n) is 12.6. The molecule has 112 valence electrons. The minimum absolute atomic E-state index is 0.159. The third-order valence-electron chi connectivity index (χ3n) is 3.42. The topological polar surface area (TPSA) is 42.0 Å². The monoisotopic (exact) mass is 328 g/mol. The molecule has 0 fully saturated rings. The number of benzene rings is 1. The van der Waals surface area contributed by atoms with Crippen LogP contribution in [-0.4, -0.2) is 10.9 Å². The molecule has 0 aliphatic rings. The van der Waals surface area contributed by atoms with Crippen molar-refractivity contribution in [3.8, 4) is 10.6 Å². The lowest BCUT2D eigenvalue weighted by molar-refractivity contribution is 0.102. The van der Waals surface area contributed by atoms with Crippen LogP contribution in [0.4, 0.5) is 5.69 Å². The van der Waals surface area contributed by atoms with Crippen LogP contribution in [0, 0.1) is 20.8 Å². The van der Waals surface area contributed by atoms with E-state index in [1.165, 1.54) is 16.9 Å². The number of thiazole rings is 1. The van der Waals surface area contributed by atoms with Crippen molar-refractivity contribution in [3.63, 3.8) is 0 Å². The van der Waals surface area contributed by atoms with Gasteiger partial charge in [0.1, 0.15) is 10.7 Å². The molecular weight excluding hydrogens is 312 g/mol. The van der Waals surface area contributed by atoms with Crippen LogP contribution in [0.2, 0.25) is 0 Å². The zero-order valence-corrected chi connectivity index (χ0v) is 14.3. The van der Waals surface area contributed by atoms with Gasteiger partial charge in [0.25, 0.3) is 5.91 Å². The second-order valence-electron chi connectivity index (χ2n) is 5.28. The summed E-state index contributed by atoms with van der Waals surface area (Å²) in [6.45, 7) is 6.07. The Morgan fingerprint density at radius 3 is 2.50 bits per heavy atom. The molecule has 3 nitrogen and oxygen atoms in total. The zero-order chi connectivity index (χ0) is 15.7. The van der Waals surface area contributed by atoms with Gasteiger partial charge in [0.2, 0.25) is 0 Å². The van der Waals surface area contributed by atoms with Gasteiger partial charge >= 0.3 is 0 Å². The Bertz CT molecular complexity index is 796. The highest BCUT2D eigenvalue weighted by molar-refractivity contribution is 7.14. The van der Waals surface area contributed by atoms with Gasteiger partial charge in [-0.05, 0) is 43.3 Å². The molecule has 0 aliphatic carbocycles. The Morgan fingerprint density at radius 2 is 1.86 bits per heavy atom. The Kier molecular flexibility index (Phi) is 4.09. The minimum Gasteiger partial charge on any atom is -0.320 e. The van der Waals surface area contributed by atoms with Gasteiger partial charge in [0.15, 0.2) is 0 Å². The van der Waals surface area contributed by atoms with E-state index < -0.39 is 0 Å². The highest BCUT2D eigenvalue weighted by atomic mass is 32.1. The molecule has 0 spiro atoms. The van der Waals surface area contributed by atoms with Crippen LogP contribution in [0.5, 0.6) is 0 Å². The molecule has 0 saturated carbocycles. The van der Waals surface area contributed by atoms with E-state index >= 15 is 0 Å². The molecule has 0 aliphatic heterocycles. The molecule has 2 aromatic heterocycles. The van der Waals surface area contributed by atoms with E-state index in [9.17, 15) is 4.79 Å². The molecule has 22 heavy (non-hydrogen) atoms. The van der Waals surface area contributed by atoms with Crippen molar-refractivity contribution in [1.29, 1.82) is 0 Å². The summed E-state index contributed by atoms with van der Waals surface area (Å²) >= 11 is 3.12. The number of carbonyl (C=O) groups is 1. The van der Waals surface area contributed by atoms with E-state index in [0.29, 0.717) is 5.69 Å².